The lowest BCUT2D eigenvalue weighted by molar-refractivity contribution is -0.0133. The molecule has 0 saturated carbocycles. The molecule has 0 aliphatic carbocycles. The summed E-state index contributed by atoms with van der Waals surface area (Å²) in [7, 11) is 0. The first-order valence-corrected chi connectivity index (χ1v) is 2.66. The molecule has 0 aliphatic rings. The van der Waals surface area contributed by atoms with E-state index < -0.39 is 17.2 Å². The van der Waals surface area contributed by atoms with E-state index in [1.165, 1.54) is 0 Å². The van der Waals surface area contributed by atoms with Crippen LogP contribution in [0.5, 0.6) is 0 Å². The average molecular weight is 185 g/mol. The van der Waals surface area contributed by atoms with Gasteiger partial charge in [0, 0.05) is 0 Å². The van der Waals surface area contributed by atoms with Gasteiger partial charge in [0.1, 0.15) is 0 Å². The average Bonchev–Trinajstić information content (AvgIpc) is 1.62. The second kappa shape index (κ2) is 2.92. The van der Waals surface area contributed by atoms with Crippen molar-refractivity contribution < 1.29 is 17.6 Å². The van der Waals surface area contributed by atoms with Crippen LogP contribution in [-0.4, -0.2) is 17.2 Å². The zero-order valence-corrected chi connectivity index (χ0v) is 5.43. The van der Waals surface area contributed by atoms with Crippen molar-refractivity contribution in [2.75, 3.05) is 0 Å². The van der Waals surface area contributed by atoms with Crippen molar-refractivity contribution in [1.29, 1.82) is 0 Å². The highest BCUT2D eigenvalue weighted by molar-refractivity contribution is 6.24. The minimum atomic E-state index is -4.22. The third-order valence-corrected chi connectivity index (χ3v) is 0.964. The van der Waals surface area contributed by atoms with Crippen LogP contribution in [0.25, 0.3) is 0 Å². The van der Waals surface area contributed by atoms with E-state index in [4.69, 9.17) is 0 Å². The fourth-order valence-electron chi connectivity index (χ4n) is 0.143. The summed E-state index contributed by atoms with van der Waals surface area (Å²) in [6, 6.07) is 0. The largest absolute Gasteiger partial charge is 0.356 e. The van der Waals surface area contributed by atoms with Gasteiger partial charge in [-0.2, -0.15) is 8.78 Å². The molecule has 0 N–H and O–H groups in total. The smallest absolute Gasteiger partial charge is 0.235 e. The second-order valence-electron chi connectivity index (χ2n) is 1.28. The molecule has 0 rings (SSSR count). The Hall–Kier alpha value is 0.300. The summed E-state index contributed by atoms with van der Waals surface area (Å²) < 4.78 is 45.9. The Kier molecular flexibility index (Phi) is 3.02. The molecule has 0 amide bonds. The van der Waals surface area contributed by atoms with E-state index in [1.807, 2.05) is 0 Å². The predicted octanol–water partition coefficient (Wildman–Crippen LogP) is 2.69. The van der Waals surface area contributed by atoms with E-state index in [0.717, 1.165) is 0 Å². The van der Waals surface area contributed by atoms with Crippen LogP contribution in [0.1, 0.15) is 0 Å². The zero-order chi connectivity index (χ0) is 7.65. The van der Waals surface area contributed by atoms with Gasteiger partial charge in [-0.05, 0) is 11.6 Å². The van der Waals surface area contributed by atoms with Gasteiger partial charge in [0.05, 0.1) is 0 Å². The Balaban J connectivity index is 3.88. The Morgan fingerprint density at radius 1 is 1.22 bits per heavy atom. The maximum Gasteiger partial charge on any atom is 0.356 e. The normalized spacial score (nSPS) is 19.3. The summed E-state index contributed by atoms with van der Waals surface area (Å²) in [5.74, 6) is 0. The molecule has 0 nitrogen and oxygen atoms in total. The molecule has 56 valence electrons. The van der Waals surface area contributed by atoms with Gasteiger partial charge in [-0.15, -0.1) is 0 Å². The van der Waals surface area contributed by atoms with Crippen molar-refractivity contribution in [3.8, 4) is 0 Å². The molecule has 0 aromatic rings. The van der Waals surface area contributed by atoms with Gasteiger partial charge in [-0.3, -0.25) is 0 Å². The second-order valence-corrected chi connectivity index (χ2v) is 2.20. The van der Waals surface area contributed by atoms with Gasteiger partial charge in [0.2, 0.25) is 11.8 Å². The van der Waals surface area contributed by atoms with Crippen molar-refractivity contribution in [3.63, 3.8) is 0 Å². The summed E-state index contributed by atoms with van der Waals surface area (Å²) in [5.41, 5.74) is -2.77. The Labute approximate surface area is 58.7 Å². The fraction of sp³-hybridized carbons (Fsp3) is 1.00. The van der Waals surface area contributed by atoms with Gasteiger partial charge in [-0.1, -0.05) is 11.6 Å². The Morgan fingerprint density at radius 3 is 1.56 bits per heavy atom. The summed E-state index contributed by atoms with van der Waals surface area (Å²) in [6.45, 7) is 0. The van der Waals surface area contributed by atoms with Crippen LogP contribution in [0.15, 0.2) is 0 Å². The van der Waals surface area contributed by atoms with E-state index in [1.54, 1.807) is 0 Å². The molecule has 0 unspecified atom stereocenters. The van der Waals surface area contributed by atoms with E-state index in [9.17, 15) is 17.6 Å². The van der Waals surface area contributed by atoms with Crippen LogP contribution < -0.4 is 0 Å². The minimum absolute atomic E-state index is 2.77. The minimum Gasteiger partial charge on any atom is -0.235 e. The van der Waals surface area contributed by atoms with Crippen molar-refractivity contribution >= 4 is 23.2 Å². The highest BCUT2D eigenvalue weighted by atomic mass is 35.5. The van der Waals surface area contributed by atoms with Crippen molar-refractivity contribution in [2.24, 2.45) is 0 Å². The van der Waals surface area contributed by atoms with Crippen LogP contribution in [0.2, 0.25) is 0 Å². The molecule has 9 heavy (non-hydrogen) atoms. The molecule has 0 heterocycles. The molecule has 0 fully saturated rings. The Bertz CT molecular complexity index is 88.3. The third-order valence-electron chi connectivity index (χ3n) is 0.534. The maximum absolute atomic E-state index is 11.6. The van der Waals surface area contributed by atoms with Crippen LogP contribution in [0, 0.1) is 0 Å². The van der Waals surface area contributed by atoms with Crippen molar-refractivity contribution in [1.82, 2.24) is 0 Å². The first kappa shape index (κ1) is 9.30. The number of hydrogen-bond donors (Lipinski definition) is 0. The van der Waals surface area contributed by atoms with Gasteiger partial charge >= 0.3 is 5.38 Å². The van der Waals surface area contributed by atoms with E-state index in [-0.39, 0.29) is 0 Å². The number of halogens is 6. The van der Waals surface area contributed by atoms with Crippen molar-refractivity contribution in [2.45, 2.75) is 17.2 Å². The highest BCUT2D eigenvalue weighted by Gasteiger charge is 2.42. The number of hydrogen-bond acceptors (Lipinski definition) is 0. The SMILES string of the molecule is F[C@H](Cl)[C@H](F)C(F)(F)Cl. The molecule has 0 spiro atoms. The quantitative estimate of drug-likeness (QED) is 0.458. The van der Waals surface area contributed by atoms with Gasteiger partial charge < -0.3 is 0 Å². The van der Waals surface area contributed by atoms with Crippen LogP contribution >= 0.6 is 23.2 Å². The summed E-state index contributed by atoms with van der Waals surface area (Å²) in [4.78, 5) is 0. The topological polar surface area (TPSA) is 0 Å². The maximum atomic E-state index is 11.6. The predicted molar refractivity (Wildman–Crippen MR) is 26.4 cm³/mol. The molecule has 0 aromatic heterocycles. The van der Waals surface area contributed by atoms with Gasteiger partial charge in [0.25, 0.3) is 0 Å². The van der Waals surface area contributed by atoms with E-state index in [2.05, 4.69) is 23.2 Å². The lowest BCUT2D eigenvalue weighted by atomic mass is 10.4. The molecule has 0 radical (unpaired) electrons. The van der Waals surface area contributed by atoms with E-state index >= 15 is 0 Å². The molecule has 0 saturated heterocycles. The van der Waals surface area contributed by atoms with Crippen LogP contribution in [0.3, 0.4) is 0 Å². The number of alkyl halides is 6. The van der Waals surface area contributed by atoms with Gasteiger partial charge in [-0.25, -0.2) is 8.78 Å². The zero-order valence-electron chi connectivity index (χ0n) is 3.92. The molecule has 2 atom stereocenters. The molecule has 6 heteroatoms. The van der Waals surface area contributed by atoms with E-state index in [0.29, 0.717) is 0 Å². The molecule has 0 aliphatic heterocycles. The first-order chi connectivity index (χ1) is 3.85. The third kappa shape index (κ3) is 3.11. The van der Waals surface area contributed by atoms with Gasteiger partial charge in [0.15, 0.2) is 0 Å². The highest BCUT2D eigenvalue weighted by Crippen LogP contribution is 2.30. The van der Waals surface area contributed by atoms with Crippen LogP contribution in [-0.2, 0) is 0 Å². The molecule has 0 aromatic carbocycles. The fourth-order valence-corrected chi connectivity index (χ4v) is 0.476. The Morgan fingerprint density at radius 2 is 1.56 bits per heavy atom. The summed E-state index contributed by atoms with van der Waals surface area (Å²) in [5, 5.41) is -4.22. The molecule has 0 bridgehead atoms. The number of rotatable bonds is 2. The standard InChI is InChI=1S/C3H2Cl2F4/c4-2(7)1(6)3(5,8)9/h1-2H/t1-,2-/m0/s1. The summed E-state index contributed by atoms with van der Waals surface area (Å²) >= 11 is 8.35. The molecular formula is C3H2Cl2F4. The molecular weight excluding hydrogens is 183 g/mol. The van der Waals surface area contributed by atoms with Crippen LogP contribution in [0.4, 0.5) is 17.6 Å². The lowest BCUT2D eigenvalue weighted by Gasteiger charge is -2.12. The monoisotopic (exact) mass is 184 g/mol. The summed E-state index contributed by atoms with van der Waals surface area (Å²) in [6.07, 6.45) is -3.15. The first-order valence-electron chi connectivity index (χ1n) is 1.84. The lowest BCUT2D eigenvalue weighted by Crippen LogP contribution is -2.29. The van der Waals surface area contributed by atoms with Crippen molar-refractivity contribution in [3.05, 3.63) is 0 Å².